The monoisotopic (exact) mass is 427 g/mol. The first kappa shape index (κ1) is 20.9. The molecule has 0 bridgehead atoms. The lowest BCUT2D eigenvalue weighted by Crippen LogP contribution is -2.22. The molecule has 0 unspecified atom stereocenters. The molecule has 0 aliphatic rings. The van der Waals surface area contributed by atoms with E-state index in [4.69, 9.17) is 22.1 Å². The van der Waals surface area contributed by atoms with Gasteiger partial charge in [-0.15, -0.1) is 0 Å². The fourth-order valence-corrected chi connectivity index (χ4v) is 2.84. The van der Waals surface area contributed by atoms with E-state index in [1.807, 2.05) is 0 Å². The molecule has 3 rings (SSSR count). The second-order valence-electron chi connectivity index (χ2n) is 6.28. The molecule has 0 radical (unpaired) electrons. The third-order valence-corrected chi connectivity index (χ3v) is 4.10. The fourth-order valence-electron chi connectivity index (χ4n) is 2.65. The van der Waals surface area contributed by atoms with Crippen LogP contribution >= 0.6 is 11.6 Å². The molecule has 3 amide bonds. The number of halogens is 1. The molecule has 9 nitrogen and oxygen atoms in total. The molecule has 1 heterocycles. The number of amides is 3. The van der Waals surface area contributed by atoms with Gasteiger partial charge in [0, 0.05) is 24.1 Å². The van der Waals surface area contributed by atoms with Crippen molar-refractivity contribution in [2.75, 3.05) is 10.6 Å². The van der Waals surface area contributed by atoms with Gasteiger partial charge in [0.1, 0.15) is 17.4 Å². The van der Waals surface area contributed by atoms with Crippen LogP contribution in [0.2, 0.25) is 5.02 Å². The number of nitrogens with one attached hydrogen (secondary N) is 3. The van der Waals surface area contributed by atoms with Crippen molar-refractivity contribution in [2.24, 2.45) is 5.73 Å². The van der Waals surface area contributed by atoms with E-state index in [1.54, 1.807) is 48.5 Å². The molecule has 0 aliphatic heterocycles. The number of H-pyrrole nitrogens is 1. The second kappa shape index (κ2) is 9.10. The van der Waals surface area contributed by atoms with Gasteiger partial charge in [-0.25, -0.2) is 9.78 Å². The predicted octanol–water partition coefficient (Wildman–Crippen LogP) is 3.32. The lowest BCUT2D eigenvalue weighted by molar-refractivity contribution is -0.131. The first-order valence-electron chi connectivity index (χ1n) is 8.80. The zero-order valence-electron chi connectivity index (χ0n) is 15.9. The summed E-state index contributed by atoms with van der Waals surface area (Å²) in [4.78, 5) is 42.0. The Morgan fingerprint density at radius 2 is 1.87 bits per heavy atom. The van der Waals surface area contributed by atoms with Gasteiger partial charge in [0.25, 0.3) is 5.91 Å². The zero-order valence-corrected chi connectivity index (χ0v) is 16.6. The van der Waals surface area contributed by atoms with E-state index < -0.39 is 17.9 Å². The molecule has 1 aromatic heterocycles. The highest BCUT2D eigenvalue weighted by Crippen LogP contribution is 2.19. The molecule has 10 heteroatoms. The summed E-state index contributed by atoms with van der Waals surface area (Å²) in [5.41, 5.74) is 6.60. The Kier molecular flexibility index (Phi) is 6.33. The van der Waals surface area contributed by atoms with Gasteiger partial charge in [-0.3, -0.25) is 14.9 Å². The summed E-state index contributed by atoms with van der Waals surface area (Å²) in [5, 5.41) is 5.60. The number of esters is 1. The van der Waals surface area contributed by atoms with Gasteiger partial charge in [-0.05, 0) is 35.9 Å². The minimum Gasteiger partial charge on any atom is -0.427 e. The molecule has 30 heavy (non-hydrogen) atoms. The number of hydrogen-bond donors (Lipinski definition) is 4. The number of aromatic nitrogens is 2. The van der Waals surface area contributed by atoms with Crippen LogP contribution in [0.3, 0.4) is 0 Å². The highest BCUT2D eigenvalue weighted by atomic mass is 35.5. The third-order valence-electron chi connectivity index (χ3n) is 3.86. The number of anilines is 2. The minimum atomic E-state index is -0.791. The van der Waals surface area contributed by atoms with Gasteiger partial charge in [-0.1, -0.05) is 29.8 Å². The van der Waals surface area contributed by atoms with Crippen LogP contribution in [0.4, 0.5) is 16.3 Å². The minimum absolute atomic E-state index is 0.0774. The van der Waals surface area contributed by atoms with Crippen LogP contribution < -0.4 is 21.1 Å². The SMILES string of the molecule is CC(=O)Oc1ccc(Cc2nc(C(N)=O)c(NC(=O)Nc3cccc(Cl)c3)[nH]2)cc1. The quantitative estimate of drug-likeness (QED) is 0.353. The lowest BCUT2D eigenvalue weighted by atomic mass is 10.1. The van der Waals surface area contributed by atoms with E-state index in [0.717, 1.165) is 5.56 Å². The maximum Gasteiger partial charge on any atom is 0.324 e. The fraction of sp³-hybridized carbons (Fsp3) is 0.100. The van der Waals surface area contributed by atoms with E-state index in [0.29, 0.717) is 28.7 Å². The summed E-state index contributed by atoms with van der Waals surface area (Å²) < 4.78 is 4.99. The first-order valence-corrected chi connectivity index (χ1v) is 9.17. The summed E-state index contributed by atoms with van der Waals surface area (Å²) in [6, 6.07) is 12.8. The molecule has 0 aliphatic carbocycles. The smallest absolute Gasteiger partial charge is 0.324 e. The number of hydrogen-bond acceptors (Lipinski definition) is 5. The molecule has 0 atom stereocenters. The zero-order chi connectivity index (χ0) is 21.7. The predicted molar refractivity (Wildman–Crippen MR) is 112 cm³/mol. The average molecular weight is 428 g/mol. The van der Waals surface area contributed by atoms with Crippen LogP contribution in [0.25, 0.3) is 0 Å². The number of aromatic amines is 1. The normalized spacial score (nSPS) is 10.3. The molecular formula is C20H18ClN5O4. The lowest BCUT2D eigenvalue weighted by Gasteiger charge is -2.07. The van der Waals surface area contributed by atoms with Crippen LogP contribution in [0.5, 0.6) is 5.75 Å². The van der Waals surface area contributed by atoms with Gasteiger partial charge < -0.3 is 20.8 Å². The summed E-state index contributed by atoms with van der Waals surface area (Å²) >= 11 is 5.90. The van der Waals surface area contributed by atoms with E-state index in [9.17, 15) is 14.4 Å². The van der Waals surface area contributed by atoms with Crippen LogP contribution in [-0.2, 0) is 11.2 Å². The van der Waals surface area contributed by atoms with Crippen molar-refractivity contribution in [3.63, 3.8) is 0 Å². The summed E-state index contributed by atoms with van der Waals surface area (Å²) in [6.07, 6.45) is 0.332. The van der Waals surface area contributed by atoms with Gasteiger partial charge >= 0.3 is 12.0 Å². The number of imidazole rings is 1. The number of carbonyl (C=O) groups excluding carboxylic acids is 3. The van der Waals surface area contributed by atoms with Crippen molar-refractivity contribution in [2.45, 2.75) is 13.3 Å². The molecule has 5 N–H and O–H groups in total. The second-order valence-corrected chi connectivity index (χ2v) is 6.71. The summed E-state index contributed by atoms with van der Waals surface area (Å²) in [5.74, 6) is -0.286. The number of nitrogens with zero attached hydrogens (tertiary/aromatic N) is 1. The largest absolute Gasteiger partial charge is 0.427 e. The van der Waals surface area contributed by atoms with Crippen molar-refractivity contribution >= 4 is 41.0 Å². The van der Waals surface area contributed by atoms with Crippen LogP contribution in [0, 0.1) is 0 Å². The van der Waals surface area contributed by atoms with Crippen LogP contribution in [0.1, 0.15) is 28.8 Å². The molecular weight excluding hydrogens is 410 g/mol. The maximum absolute atomic E-state index is 12.3. The first-order chi connectivity index (χ1) is 14.3. The molecule has 154 valence electrons. The van der Waals surface area contributed by atoms with Gasteiger partial charge in [0.15, 0.2) is 5.69 Å². The molecule has 0 saturated heterocycles. The van der Waals surface area contributed by atoms with E-state index in [-0.39, 0.29) is 11.5 Å². The van der Waals surface area contributed by atoms with E-state index >= 15 is 0 Å². The highest BCUT2D eigenvalue weighted by molar-refractivity contribution is 6.30. The molecule has 2 aromatic carbocycles. The molecule has 0 saturated carbocycles. The number of carbonyl (C=O) groups is 3. The Morgan fingerprint density at radius 3 is 2.50 bits per heavy atom. The average Bonchev–Trinajstić information content (AvgIpc) is 3.05. The van der Waals surface area contributed by atoms with Crippen molar-refractivity contribution in [3.05, 3.63) is 70.6 Å². The Morgan fingerprint density at radius 1 is 1.13 bits per heavy atom. The van der Waals surface area contributed by atoms with Crippen molar-refractivity contribution in [3.8, 4) is 5.75 Å². The Bertz CT molecular complexity index is 1090. The van der Waals surface area contributed by atoms with E-state index in [1.165, 1.54) is 6.92 Å². The number of nitrogens with two attached hydrogens (primary N) is 1. The number of primary amides is 1. The van der Waals surface area contributed by atoms with Gasteiger partial charge in [0.05, 0.1) is 0 Å². The number of benzene rings is 2. The Hall–Kier alpha value is -3.85. The number of rotatable bonds is 6. The van der Waals surface area contributed by atoms with E-state index in [2.05, 4.69) is 20.6 Å². The Balaban J connectivity index is 1.72. The van der Waals surface area contributed by atoms with Crippen LogP contribution in [-0.4, -0.2) is 27.9 Å². The molecule has 3 aromatic rings. The van der Waals surface area contributed by atoms with Gasteiger partial charge in [0.2, 0.25) is 0 Å². The van der Waals surface area contributed by atoms with Crippen molar-refractivity contribution < 1.29 is 19.1 Å². The third kappa shape index (κ3) is 5.58. The molecule has 0 spiro atoms. The topological polar surface area (TPSA) is 139 Å². The number of urea groups is 1. The standard InChI is InChI=1S/C20H18ClN5O4/c1-11(27)30-15-7-5-12(6-8-15)9-16-24-17(18(22)28)19(25-16)26-20(29)23-14-4-2-3-13(21)10-14/h2-8,10H,9H2,1H3,(H2,22,28)(H,24,25)(H2,23,26,29). The van der Waals surface area contributed by atoms with Gasteiger partial charge in [-0.2, -0.15) is 0 Å². The maximum atomic E-state index is 12.3. The summed E-state index contributed by atoms with van der Waals surface area (Å²) in [7, 11) is 0. The highest BCUT2D eigenvalue weighted by Gasteiger charge is 2.17. The number of ether oxygens (including phenoxy) is 1. The van der Waals surface area contributed by atoms with Crippen molar-refractivity contribution in [1.29, 1.82) is 0 Å². The summed E-state index contributed by atoms with van der Waals surface area (Å²) in [6.45, 7) is 1.32. The van der Waals surface area contributed by atoms with Crippen molar-refractivity contribution in [1.82, 2.24) is 9.97 Å². The molecule has 0 fully saturated rings. The Labute approximate surface area is 176 Å². The van der Waals surface area contributed by atoms with Crippen LogP contribution in [0.15, 0.2) is 48.5 Å².